The van der Waals surface area contributed by atoms with E-state index in [-0.39, 0.29) is 16.5 Å². The van der Waals surface area contributed by atoms with Crippen molar-refractivity contribution in [1.29, 1.82) is 0 Å². The van der Waals surface area contributed by atoms with Crippen LogP contribution in [-0.2, 0) is 21.4 Å². The van der Waals surface area contributed by atoms with E-state index in [1.54, 1.807) is 30.3 Å². The third-order valence-electron chi connectivity index (χ3n) is 4.37. The lowest BCUT2D eigenvalue weighted by atomic mass is 10.2. The molecule has 3 aromatic rings. The van der Waals surface area contributed by atoms with Crippen molar-refractivity contribution < 1.29 is 17.6 Å². The maximum absolute atomic E-state index is 13.3. The number of sulfonamides is 1. The Morgan fingerprint density at radius 3 is 2.45 bits per heavy atom. The first kappa shape index (κ1) is 25.3. The molecule has 1 N–H and O–H groups in total. The van der Waals surface area contributed by atoms with Crippen LogP contribution < -0.4 is 5.43 Å². The summed E-state index contributed by atoms with van der Waals surface area (Å²) in [5.41, 5.74) is 3.25. The van der Waals surface area contributed by atoms with E-state index >= 15 is 0 Å². The first-order valence-corrected chi connectivity index (χ1v) is 12.4. The highest BCUT2D eigenvalue weighted by Gasteiger charge is 2.27. The van der Waals surface area contributed by atoms with Gasteiger partial charge in [-0.15, -0.1) is 0 Å². The largest absolute Gasteiger partial charge is 0.272 e. The zero-order chi connectivity index (χ0) is 24.0. The summed E-state index contributed by atoms with van der Waals surface area (Å²) >= 11 is 15.3. The standard InChI is InChI=1S/C22H17BrCl2FN3O3S/c23-17-5-7-19(8-6-17)33(31,32)29(13-16-4-9-20(24)21(25)11-16)14-22(30)28-27-12-15-2-1-3-18(26)10-15/h1-12H,13-14H2,(H,28,30)/b27-12+. The molecule has 0 bridgehead atoms. The van der Waals surface area contributed by atoms with E-state index in [2.05, 4.69) is 26.5 Å². The molecule has 3 aromatic carbocycles. The highest BCUT2D eigenvalue weighted by molar-refractivity contribution is 9.10. The second-order valence-corrected chi connectivity index (χ2v) is 10.5. The maximum Gasteiger partial charge on any atom is 0.255 e. The van der Waals surface area contributed by atoms with Gasteiger partial charge in [-0.05, 0) is 59.7 Å². The van der Waals surface area contributed by atoms with Crippen LogP contribution >= 0.6 is 39.1 Å². The van der Waals surface area contributed by atoms with Crippen LogP contribution in [0.15, 0.2) is 81.2 Å². The highest BCUT2D eigenvalue weighted by Crippen LogP contribution is 2.25. The molecule has 11 heteroatoms. The summed E-state index contributed by atoms with van der Waals surface area (Å²) in [5, 5.41) is 4.37. The number of hydrazone groups is 1. The van der Waals surface area contributed by atoms with Gasteiger partial charge < -0.3 is 0 Å². The van der Waals surface area contributed by atoms with Crippen LogP contribution in [0.2, 0.25) is 10.0 Å². The number of benzene rings is 3. The molecule has 0 unspecified atom stereocenters. The predicted molar refractivity (Wildman–Crippen MR) is 130 cm³/mol. The molecule has 0 aliphatic heterocycles. The smallest absolute Gasteiger partial charge is 0.255 e. The van der Waals surface area contributed by atoms with E-state index in [1.807, 2.05) is 0 Å². The number of nitrogens with zero attached hydrogens (tertiary/aromatic N) is 2. The van der Waals surface area contributed by atoms with Crippen LogP contribution in [0.3, 0.4) is 0 Å². The second-order valence-electron chi connectivity index (χ2n) is 6.82. The summed E-state index contributed by atoms with van der Waals surface area (Å²) in [4.78, 5) is 12.5. The molecule has 0 radical (unpaired) electrons. The van der Waals surface area contributed by atoms with Crippen molar-refractivity contribution in [2.75, 3.05) is 6.54 Å². The summed E-state index contributed by atoms with van der Waals surface area (Å²) in [6.45, 7) is -0.643. The van der Waals surface area contributed by atoms with Crippen molar-refractivity contribution in [1.82, 2.24) is 9.73 Å². The van der Waals surface area contributed by atoms with E-state index < -0.39 is 28.3 Å². The monoisotopic (exact) mass is 571 g/mol. The third-order valence-corrected chi connectivity index (χ3v) is 7.44. The zero-order valence-corrected chi connectivity index (χ0v) is 20.8. The van der Waals surface area contributed by atoms with E-state index in [0.29, 0.717) is 20.6 Å². The fourth-order valence-electron chi connectivity index (χ4n) is 2.78. The maximum atomic E-state index is 13.3. The molecule has 6 nitrogen and oxygen atoms in total. The van der Waals surface area contributed by atoms with Crippen molar-refractivity contribution >= 4 is 61.3 Å². The number of halogens is 4. The summed E-state index contributed by atoms with van der Waals surface area (Å²) in [5.74, 6) is -1.12. The minimum Gasteiger partial charge on any atom is -0.272 e. The first-order chi connectivity index (χ1) is 15.6. The Morgan fingerprint density at radius 1 is 1.06 bits per heavy atom. The average molecular weight is 573 g/mol. The van der Waals surface area contributed by atoms with Crippen LogP contribution in [0.1, 0.15) is 11.1 Å². The minimum absolute atomic E-state index is 0.0156. The van der Waals surface area contributed by atoms with Crippen molar-refractivity contribution in [2.45, 2.75) is 11.4 Å². The molecule has 172 valence electrons. The molecule has 0 heterocycles. The number of hydrogen-bond acceptors (Lipinski definition) is 4. The zero-order valence-electron chi connectivity index (χ0n) is 16.9. The quantitative estimate of drug-likeness (QED) is 0.296. The molecular formula is C22H17BrCl2FN3O3S. The fourth-order valence-corrected chi connectivity index (χ4v) is 4.75. The summed E-state index contributed by atoms with van der Waals surface area (Å²) in [7, 11) is -4.04. The van der Waals surface area contributed by atoms with E-state index in [4.69, 9.17) is 23.2 Å². The van der Waals surface area contributed by atoms with Gasteiger partial charge in [-0.1, -0.05) is 57.3 Å². The van der Waals surface area contributed by atoms with Gasteiger partial charge in [0.1, 0.15) is 5.82 Å². The summed E-state index contributed by atoms with van der Waals surface area (Å²) in [6, 6.07) is 16.4. The highest BCUT2D eigenvalue weighted by atomic mass is 79.9. The van der Waals surface area contributed by atoms with Gasteiger partial charge in [0.2, 0.25) is 10.0 Å². The van der Waals surface area contributed by atoms with E-state index in [1.165, 1.54) is 42.6 Å². The van der Waals surface area contributed by atoms with Gasteiger partial charge in [0, 0.05) is 11.0 Å². The Morgan fingerprint density at radius 2 is 1.79 bits per heavy atom. The summed E-state index contributed by atoms with van der Waals surface area (Å²) < 4.78 is 41.5. The van der Waals surface area contributed by atoms with Crippen molar-refractivity contribution in [3.63, 3.8) is 0 Å². The Bertz CT molecular complexity index is 1290. The number of amides is 1. The molecule has 0 aromatic heterocycles. The molecule has 0 aliphatic rings. The van der Waals surface area contributed by atoms with Crippen molar-refractivity contribution in [3.05, 3.63) is 98.2 Å². The van der Waals surface area contributed by atoms with Gasteiger partial charge in [-0.3, -0.25) is 4.79 Å². The first-order valence-electron chi connectivity index (χ1n) is 9.42. The Kier molecular flexibility index (Phi) is 8.61. The van der Waals surface area contributed by atoms with Gasteiger partial charge in [0.15, 0.2) is 0 Å². The van der Waals surface area contributed by atoms with E-state index in [9.17, 15) is 17.6 Å². The lowest BCUT2D eigenvalue weighted by Gasteiger charge is -2.22. The lowest BCUT2D eigenvalue weighted by molar-refractivity contribution is -0.121. The molecule has 0 saturated carbocycles. The van der Waals surface area contributed by atoms with Gasteiger partial charge in [0.25, 0.3) is 5.91 Å². The van der Waals surface area contributed by atoms with Gasteiger partial charge in [0.05, 0.1) is 27.7 Å². The number of rotatable bonds is 8. The number of nitrogens with one attached hydrogen (secondary N) is 1. The fraction of sp³-hybridized carbons (Fsp3) is 0.0909. The predicted octanol–water partition coefficient (Wildman–Crippen LogP) is 5.24. The van der Waals surface area contributed by atoms with Crippen molar-refractivity contribution in [2.24, 2.45) is 5.10 Å². The van der Waals surface area contributed by atoms with Crippen molar-refractivity contribution in [3.8, 4) is 0 Å². The Labute approximate surface area is 209 Å². The van der Waals surface area contributed by atoms with Crippen LogP contribution in [0.4, 0.5) is 4.39 Å². The molecular weight excluding hydrogens is 556 g/mol. The molecule has 33 heavy (non-hydrogen) atoms. The topological polar surface area (TPSA) is 78.8 Å². The second kappa shape index (κ2) is 11.2. The molecule has 0 fully saturated rings. The molecule has 0 spiro atoms. The van der Waals surface area contributed by atoms with Crippen LogP contribution in [0.5, 0.6) is 0 Å². The molecule has 0 saturated heterocycles. The van der Waals surface area contributed by atoms with Gasteiger partial charge in [-0.25, -0.2) is 18.2 Å². The Balaban J connectivity index is 1.81. The molecule has 3 rings (SSSR count). The number of carbonyl (C=O) groups is 1. The van der Waals surface area contributed by atoms with Crippen LogP contribution in [-0.4, -0.2) is 31.4 Å². The van der Waals surface area contributed by atoms with E-state index in [0.717, 1.165) is 4.31 Å². The SMILES string of the molecule is O=C(CN(Cc1ccc(Cl)c(Cl)c1)S(=O)(=O)c1ccc(Br)cc1)N/N=C/c1cccc(F)c1. The Hall–Kier alpha value is -2.30. The normalized spacial score (nSPS) is 11.8. The number of hydrogen-bond donors (Lipinski definition) is 1. The van der Waals surface area contributed by atoms with Gasteiger partial charge >= 0.3 is 0 Å². The van der Waals surface area contributed by atoms with Crippen LogP contribution in [0.25, 0.3) is 0 Å². The number of carbonyl (C=O) groups excluding carboxylic acids is 1. The summed E-state index contributed by atoms with van der Waals surface area (Å²) in [6.07, 6.45) is 1.26. The minimum atomic E-state index is -4.04. The molecule has 0 atom stereocenters. The lowest BCUT2D eigenvalue weighted by Crippen LogP contribution is -2.39. The molecule has 1 amide bonds. The average Bonchev–Trinajstić information content (AvgIpc) is 2.76. The van der Waals surface area contributed by atoms with Gasteiger partial charge in [-0.2, -0.15) is 9.41 Å². The van der Waals surface area contributed by atoms with Crippen LogP contribution in [0, 0.1) is 5.82 Å². The third kappa shape index (κ3) is 7.09. The molecule has 0 aliphatic carbocycles.